The molecule has 6 rings (SSSR count). The summed E-state index contributed by atoms with van der Waals surface area (Å²) in [6.45, 7) is 7.07. The zero-order chi connectivity index (χ0) is 25.5. The van der Waals surface area contributed by atoms with Crippen molar-refractivity contribution >= 4 is 28.3 Å². The van der Waals surface area contributed by atoms with Crippen molar-refractivity contribution in [1.82, 2.24) is 15.3 Å². The van der Waals surface area contributed by atoms with E-state index in [-0.39, 0.29) is 23.4 Å². The number of aromatic nitrogens is 2. The zero-order valence-corrected chi connectivity index (χ0v) is 20.9. The van der Waals surface area contributed by atoms with E-state index in [1.165, 1.54) is 11.6 Å². The summed E-state index contributed by atoms with van der Waals surface area (Å²) in [4.78, 5) is 10.6. The van der Waals surface area contributed by atoms with Gasteiger partial charge in [-0.15, -0.1) is 0 Å². The van der Waals surface area contributed by atoms with Crippen LogP contribution < -0.4 is 20.3 Å². The van der Waals surface area contributed by atoms with Crippen LogP contribution in [-0.4, -0.2) is 42.3 Å². The minimum absolute atomic E-state index is 0.0215. The van der Waals surface area contributed by atoms with Crippen LogP contribution in [0.25, 0.3) is 22.2 Å². The van der Waals surface area contributed by atoms with E-state index in [4.69, 9.17) is 9.15 Å². The highest BCUT2D eigenvalue weighted by Gasteiger charge is 2.26. The van der Waals surface area contributed by atoms with Crippen molar-refractivity contribution < 1.29 is 17.9 Å². The molecule has 0 spiro atoms. The fraction of sp³-hybridized carbons (Fsp3) is 0.357. The minimum atomic E-state index is -0.629. The lowest BCUT2D eigenvalue weighted by atomic mass is 9.90. The second kappa shape index (κ2) is 9.63. The van der Waals surface area contributed by atoms with Crippen molar-refractivity contribution in [1.29, 1.82) is 0 Å². The minimum Gasteiger partial charge on any atom is -0.486 e. The third kappa shape index (κ3) is 4.48. The predicted molar refractivity (Wildman–Crippen MR) is 140 cm³/mol. The summed E-state index contributed by atoms with van der Waals surface area (Å²) < 4.78 is 41.3. The van der Waals surface area contributed by atoms with Gasteiger partial charge in [0.1, 0.15) is 17.9 Å². The van der Waals surface area contributed by atoms with E-state index in [2.05, 4.69) is 20.6 Å². The number of ether oxygens (including phenoxy) is 1. The Bertz CT molecular complexity index is 1450. The van der Waals surface area contributed by atoms with Crippen LogP contribution in [0.5, 0.6) is 5.75 Å². The van der Waals surface area contributed by atoms with Gasteiger partial charge >= 0.3 is 0 Å². The number of piperidine rings is 1. The first-order valence-electron chi connectivity index (χ1n) is 12.7. The molecule has 0 unspecified atom stereocenters. The molecule has 37 heavy (non-hydrogen) atoms. The molecule has 4 aromatic rings. The standard InChI is InChI=1S/C28H29F2N5O2/c1-16(2)35-9-10-36-27-22(29)11-18(12-24(27)35)26-23(30)14-32-28(34-26)33-19-3-4-25-20(13-19)21(15-37-25)17-5-7-31-8-6-17/h3-4,11-17,31H,5-10H2,1-2H3,(H,32,33,34). The highest BCUT2D eigenvalue weighted by Crippen LogP contribution is 2.40. The highest BCUT2D eigenvalue weighted by atomic mass is 19.1. The van der Waals surface area contributed by atoms with E-state index in [0.717, 1.165) is 48.8 Å². The number of benzene rings is 2. The molecule has 0 saturated carbocycles. The van der Waals surface area contributed by atoms with Crippen LogP contribution in [0.1, 0.15) is 38.2 Å². The Morgan fingerprint density at radius 1 is 1.11 bits per heavy atom. The molecule has 2 aromatic carbocycles. The third-order valence-electron chi connectivity index (χ3n) is 7.19. The molecule has 0 radical (unpaired) electrons. The largest absolute Gasteiger partial charge is 0.486 e. The molecule has 1 saturated heterocycles. The quantitative estimate of drug-likeness (QED) is 0.345. The van der Waals surface area contributed by atoms with Gasteiger partial charge in [-0.25, -0.2) is 18.7 Å². The highest BCUT2D eigenvalue weighted by molar-refractivity contribution is 5.86. The van der Waals surface area contributed by atoms with E-state index < -0.39 is 11.6 Å². The van der Waals surface area contributed by atoms with Gasteiger partial charge in [-0.3, -0.25) is 0 Å². The van der Waals surface area contributed by atoms with Gasteiger partial charge in [0.05, 0.1) is 24.7 Å². The average Bonchev–Trinajstić information content (AvgIpc) is 3.33. The first-order valence-corrected chi connectivity index (χ1v) is 12.7. The molecule has 2 aromatic heterocycles. The zero-order valence-electron chi connectivity index (χ0n) is 20.9. The topological polar surface area (TPSA) is 75.5 Å². The molecular formula is C28H29F2N5O2. The van der Waals surface area contributed by atoms with Crippen LogP contribution in [0.3, 0.4) is 0 Å². The fourth-order valence-corrected chi connectivity index (χ4v) is 5.31. The Balaban J connectivity index is 1.33. The molecule has 0 atom stereocenters. The molecule has 2 N–H and O–H groups in total. The Kier molecular flexibility index (Phi) is 6.16. The summed E-state index contributed by atoms with van der Waals surface area (Å²) in [7, 11) is 0. The molecule has 7 nitrogen and oxygen atoms in total. The van der Waals surface area contributed by atoms with Crippen molar-refractivity contribution in [3.63, 3.8) is 0 Å². The number of rotatable bonds is 5. The molecular weight excluding hydrogens is 476 g/mol. The van der Waals surface area contributed by atoms with Gasteiger partial charge in [0.15, 0.2) is 17.4 Å². The summed E-state index contributed by atoms with van der Waals surface area (Å²) in [5.41, 5.74) is 3.72. The van der Waals surface area contributed by atoms with Gasteiger partial charge in [-0.1, -0.05) is 0 Å². The molecule has 0 aliphatic carbocycles. The van der Waals surface area contributed by atoms with Crippen LogP contribution in [-0.2, 0) is 0 Å². The second-order valence-corrected chi connectivity index (χ2v) is 9.88. The Hall–Kier alpha value is -3.72. The van der Waals surface area contributed by atoms with Crippen molar-refractivity contribution in [2.24, 2.45) is 0 Å². The molecule has 9 heteroatoms. The van der Waals surface area contributed by atoms with Crippen molar-refractivity contribution in [2.45, 2.75) is 38.6 Å². The molecule has 0 amide bonds. The van der Waals surface area contributed by atoms with Crippen LogP contribution in [0.2, 0.25) is 0 Å². The Morgan fingerprint density at radius 3 is 2.76 bits per heavy atom. The van der Waals surface area contributed by atoms with Gasteiger partial charge in [0, 0.05) is 28.2 Å². The lowest BCUT2D eigenvalue weighted by molar-refractivity contribution is 0.287. The van der Waals surface area contributed by atoms with Gasteiger partial charge in [-0.2, -0.15) is 0 Å². The van der Waals surface area contributed by atoms with Crippen molar-refractivity contribution in [2.75, 3.05) is 36.5 Å². The summed E-state index contributed by atoms with van der Waals surface area (Å²) in [5.74, 6) is -0.315. The Morgan fingerprint density at radius 2 is 1.95 bits per heavy atom. The van der Waals surface area contributed by atoms with Gasteiger partial charge < -0.3 is 24.7 Å². The lowest BCUT2D eigenvalue weighted by Gasteiger charge is -2.34. The second-order valence-electron chi connectivity index (χ2n) is 9.88. The van der Waals surface area contributed by atoms with E-state index >= 15 is 0 Å². The van der Waals surface area contributed by atoms with Crippen LogP contribution in [0.4, 0.5) is 26.1 Å². The predicted octanol–water partition coefficient (Wildman–Crippen LogP) is 5.99. The maximum atomic E-state index is 15.0. The maximum absolute atomic E-state index is 15.0. The smallest absolute Gasteiger partial charge is 0.227 e. The summed E-state index contributed by atoms with van der Waals surface area (Å²) >= 11 is 0. The molecule has 0 bridgehead atoms. The van der Waals surface area contributed by atoms with E-state index in [0.29, 0.717) is 30.3 Å². The number of hydrogen-bond acceptors (Lipinski definition) is 7. The molecule has 192 valence electrons. The normalized spacial score (nSPS) is 16.2. The van der Waals surface area contributed by atoms with Gasteiger partial charge in [0.25, 0.3) is 0 Å². The number of anilines is 3. The maximum Gasteiger partial charge on any atom is 0.227 e. The third-order valence-corrected chi connectivity index (χ3v) is 7.19. The van der Waals surface area contributed by atoms with Gasteiger partial charge in [0.2, 0.25) is 5.95 Å². The number of fused-ring (bicyclic) bond motifs is 2. The molecule has 2 aliphatic rings. The van der Waals surface area contributed by atoms with Crippen molar-refractivity contribution in [3.05, 3.63) is 60.0 Å². The van der Waals surface area contributed by atoms with Gasteiger partial charge in [-0.05, 0) is 76.0 Å². The Labute approximate surface area is 213 Å². The van der Waals surface area contributed by atoms with E-state index in [1.54, 1.807) is 6.07 Å². The number of furan rings is 1. The number of halogens is 2. The average molecular weight is 506 g/mol. The van der Waals surface area contributed by atoms with Crippen LogP contribution in [0, 0.1) is 11.6 Å². The lowest BCUT2D eigenvalue weighted by Crippen LogP contribution is -2.38. The van der Waals surface area contributed by atoms with Crippen LogP contribution in [0.15, 0.2) is 47.2 Å². The number of nitrogens with zero attached hydrogens (tertiary/aromatic N) is 3. The monoisotopic (exact) mass is 505 g/mol. The SMILES string of the molecule is CC(C)N1CCOc2c(F)cc(-c3nc(Nc4ccc5occ(C6CCNCC6)c5c4)ncc3F)cc21. The molecule has 1 fully saturated rings. The molecule has 2 aliphatic heterocycles. The van der Waals surface area contributed by atoms with E-state index in [1.807, 2.05) is 43.2 Å². The number of nitrogens with one attached hydrogen (secondary N) is 2. The van der Waals surface area contributed by atoms with E-state index in [9.17, 15) is 8.78 Å². The summed E-state index contributed by atoms with van der Waals surface area (Å²) in [6.07, 6.45) is 5.09. The van der Waals surface area contributed by atoms with Crippen LogP contribution >= 0.6 is 0 Å². The summed E-state index contributed by atoms with van der Waals surface area (Å²) in [5, 5.41) is 7.63. The fourth-order valence-electron chi connectivity index (χ4n) is 5.31. The first-order chi connectivity index (χ1) is 18.0. The first kappa shape index (κ1) is 23.7. The number of hydrogen-bond donors (Lipinski definition) is 2. The molecule has 4 heterocycles. The van der Waals surface area contributed by atoms with Crippen molar-refractivity contribution in [3.8, 4) is 17.0 Å². The summed E-state index contributed by atoms with van der Waals surface area (Å²) in [6, 6.07) is 8.93.